The zero-order valence-electron chi connectivity index (χ0n) is 50.9. The quantitative estimate of drug-likeness (QED) is 0.0338. The van der Waals surface area contributed by atoms with E-state index < -0.39 is 17.5 Å². The van der Waals surface area contributed by atoms with Gasteiger partial charge in [0, 0.05) is 58.0 Å². The maximum absolute atomic E-state index is 13.7. The number of ether oxygens (including phenoxy) is 3. The number of carbonyl (C=O) groups excluding carboxylic acids is 7. The van der Waals surface area contributed by atoms with Crippen molar-refractivity contribution in [1.82, 2.24) is 0 Å². The number of hydrogen-bond acceptors (Lipinski definition) is 15. The smallest absolute Gasteiger partial charge is 1.00 e. The van der Waals surface area contributed by atoms with Gasteiger partial charge in [0.15, 0.2) is 17.3 Å². The Kier molecular flexibility index (Phi) is 37.8. The molecule has 0 saturated carbocycles. The number of phenols is 2. The number of hydrogen-bond donors (Lipinski definition) is 2. The summed E-state index contributed by atoms with van der Waals surface area (Å²) < 4.78 is 54.6. The Morgan fingerprint density at radius 3 is 1.39 bits per heavy atom. The van der Waals surface area contributed by atoms with Crippen LogP contribution < -0.4 is 142 Å². The molecule has 8 aromatic rings. The van der Waals surface area contributed by atoms with Gasteiger partial charge in [-0.15, -0.1) is 0 Å². The number of carbonyl (C=O) groups is 7. The zero-order chi connectivity index (χ0) is 64.0. The van der Waals surface area contributed by atoms with Gasteiger partial charge in [0.25, 0.3) is 6.47 Å². The second kappa shape index (κ2) is 41.8. The van der Waals surface area contributed by atoms with Crippen molar-refractivity contribution in [3.63, 3.8) is 0 Å². The van der Waals surface area contributed by atoms with Gasteiger partial charge in [0.1, 0.15) is 47.6 Å². The number of phenolic OH excluding ortho intramolecular Hbond substituents is 2. The van der Waals surface area contributed by atoms with Gasteiger partial charge in [-0.05, 0) is 173 Å². The number of Topliss-reactive ketones (excluding diaryl/α,β-unsaturated/α-hetero) is 3. The molecule has 0 unspecified atom stereocenters. The van der Waals surface area contributed by atoms with Crippen molar-refractivity contribution < 1.29 is 221 Å². The van der Waals surface area contributed by atoms with Crippen molar-refractivity contribution in [3.8, 4) is 17.2 Å². The number of esters is 2. The Balaban J connectivity index is 0.000000604. The molecule has 0 aromatic heterocycles. The molecule has 0 bridgehead atoms. The van der Waals surface area contributed by atoms with E-state index in [1.807, 2.05) is 18.2 Å². The van der Waals surface area contributed by atoms with E-state index in [1.54, 1.807) is 103 Å². The van der Waals surface area contributed by atoms with Crippen LogP contribution in [0.1, 0.15) is 109 Å². The van der Waals surface area contributed by atoms with E-state index in [-0.39, 0.29) is 202 Å². The molecule has 15 nitrogen and oxygen atoms in total. The number of alkyl halides is 1. The van der Waals surface area contributed by atoms with Gasteiger partial charge in [-0.1, -0.05) is 93.2 Å². The normalized spacial score (nSPS) is 12.4. The minimum atomic E-state index is -0.564. The van der Waals surface area contributed by atoms with Gasteiger partial charge in [0.2, 0.25) is 0 Å². The van der Waals surface area contributed by atoms with Crippen LogP contribution in [0.2, 0.25) is 15.1 Å². The predicted octanol–water partition coefficient (Wildman–Crippen LogP) is 5.24. The molecule has 0 amide bonds. The Bertz CT molecular complexity index is 3980. The summed E-state index contributed by atoms with van der Waals surface area (Å²) in [7, 11) is 2.72. The van der Waals surface area contributed by atoms with Crippen molar-refractivity contribution in [3.05, 3.63) is 274 Å². The molecule has 25 heteroatoms. The van der Waals surface area contributed by atoms with E-state index in [1.165, 1.54) is 56.7 Å². The fourth-order valence-corrected chi connectivity index (χ4v) is 9.36. The molecule has 462 valence electrons. The fraction of sp³-hybridized carbons (Fsp3) is 0.119. The van der Waals surface area contributed by atoms with Crippen LogP contribution in [-0.2, 0) is 50.4 Å². The van der Waals surface area contributed by atoms with Gasteiger partial charge in [-0.3, -0.25) is 24.0 Å². The van der Waals surface area contributed by atoms with Crippen LogP contribution in [0.4, 0.5) is 13.2 Å². The van der Waals surface area contributed by atoms with Crippen LogP contribution in [0.15, 0.2) is 169 Å². The molecule has 0 fully saturated rings. The summed E-state index contributed by atoms with van der Waals surface area (Å²) in [6.45, 7) is 0.140. The van der Waals surface area contributed by atoms with Crippen molar-refractivity contribution in [2.75, 3.05) is 14.2 Å². The van der Waals surface area contributed by atoms with E-state index >= 15 is 0 Å². The molecule has 3 aliphatic rings. The molecule has 0 aliphatic heterocycles. The van der Waals surface area contributed by atoms with Crippen LogP contribution >= 0.6 is 50.7 Å². The van der Waals surface area contributed by atoms with Gasteiger partial charge >= 0.3 is 144 Å². The minimum Gasteiger partial charge on any atom is -1.00 e. The molecular formula is C67H52BrCl3F3K2NaO15. The average Bonchev–Trinajstić information content (AvgIpc) is 2.30. The number of ketones is 3. The molecule has 0 radical (unpaired) electrons. The first kappa shape index (κ1) is 83.2. The Hall–Kier alpha value is -4.94. The summed E-state index contributed by atoms with van der Waals surface area (Å²) in [6, 6.07) is 42.0. The van der Waals surface area contributed by atoms with E-state index in [2.05, 4.69) is 30.3 Å². The molecule has 0 spiro atoms. The molecule has 3 N–H and O–H groups in total. The second-order valence-corrected chi connectivity index (χ2v) is 20.7. The number of aromatic hydroxyl groups is 2. The summed E-state index contributed by atoms with van der Waals surface area (Å²) in [4.78, 5) is 79.8. The van der Waals surface area contributed by atoms with Crippen molar-refractivity contribution in [1.29, 1.82) is 0 Å². The Morgan fingerprint density at radius 1 is 0.565 bits per heavy atom. The van der Waals surface area contributed by atoms with Crippen molar-refractivity contribution >= 4 is 105 Å². The van der Waals surface area contributed by atoms with E-state index in [4.69, 9.17) is 54.7 Å². The third-order valence-electron chi connectivity index (χ3n) is 13.0. The zero-order valence-corrected chi connectivity index (χ0v) is 62.0. The van der Waals surface area contributed by atoms with E-state index in [0.717, 1.165) is 51.2 Å². The predicted molar refractivity (Wildman–Crippen MR) is 330 cm³/mol. The SMILES string of the molecule is COC(=O)c1ccc(CBr)cc1.COC(=O)c1ccc(COc2ccc3c(c2)C/C(=C\c2ccc(Cl)c(F)c2)C3=O)cc1.O=C1/C(=C/c2ccc(Cl)c(F)c2)Cc2cc(O)ccc21.O=C1CCc2cc(O)ccc21.O=CO[O-].O=Cc1ccc(Cl)c(F)c1.[H-].[K+].[K+].[Na+].[OH-]. The number of methoxy groups -OCH3 is 2. The van der Waals surface area contributed by atoms with Crippen LogP contribution in [0, 0.1) is 17.5 Å². The third-order valence-corrected chi connectivity index (χ3v) is 14.6. The Labute approximate surface area is 659 Å². The second-order valence-electron chi connectivity index (χ2n) is 18.9. The summed E-state index contributed by atoms with van der Waals surface area (Å²) in [5, 5.41) is 27.9. The van der Waals surface area contributed by atoms with Gasteiger partial charge in [-0.25, -0.2) is 22.8 Å². The molecule has 3 aliphatic carbocycles. The number of benzene rings is 8. The summed E-state index contributed by atoms with van der Waals surface area (Å²) in [6.07, 6.45) is 6.17. The molecule has 0 saturated heterocycles. The number of rotatable bonds is 10. The molecule has 0 atom stereocenters. The number of fused-ring (bicyclic) bond motifs is 3. The number of aldehydes is 1. The van der Waals surface area contributed by atoms with Crippen LogP contribution in [0.5, 0.6) is 17.2 Å². The molecule has 8 aromatic carbocycles. The standard InChI is InChI=1S/C25H18ClFO4.C16H10ClFO2.C9H9BrO2.C9H8O2.C7H4ClFO.CH2O3.2K.Na.H2O.H/c1-30-25(29)17-5-2-15(3-6-17)14-31-20-7-8-21-18(13-20)12-19(24(21)28)10-16-4-9-22(26)23(27)11-16;17-14-4-1-9(6-15(14)18)5-11-7-10-8-12(19)2-3-13(10)16(11)20;1-12-9(11)8-4-2-7(6-10)3-5-8;10-7-2-3-8-6(5-7)1-4-9(8)11;8-6-2-1-5(4-10)3-7(6)9;2-1-4-3;;;;;/h2-11,13H,12,14H2,1H3;1-6,8,19H,7H2;2-5H,6H2,1H3;2-3,5,10H,1,4H2;1-4H;1,3H;;;;1H2;/q;;;;;;3*+1;;-1/p-2/b19-10+;11-5+;;;;;;;;;. The van der Waals surface area contributed by atoms with Gasteiger partial charge < -0.3 is 41.5 Å². The average molecular weight is 1440 g/mol. The van der Waals surface area contributed by atoms with Gasteiger partial charge in [-0.2, -0.15) is 0 Å². The largest absolute Gasteiger partial charge is 1.00 e. The summed E-state index contributed by atoms with van der Waals surface area (Å²) in [5.41, 5.74) is 10.4. The number of halogens is 7. The van der Waals surface area contributed by atoms with Crippen LogP contribution in [0.3, 0.4) is 0 Å². The monoisotopic (exact) mass is 1440 g/mol. The van der Waals surface area contributed by atoms with Crippen molar-refractivity contribution in [2.24, 2.45) is 0 Å². The first-order valence-electron chi connectivity index (χ1n) is 26.1. The van der Waals surface area contributed by atoms with Crippen LogP contribution in [-0.4, -0.2) is 72.0 Å². The maximum atomic E-state index is 13.7. The summed E-state index contributed by atoms with van der Waals surface area (Å²) in [5.74, 6) is -1.22. The number of aryl methyl sites for hydroxylation is 1. The minimum absolute atomic E-state index is 0. The summed E-state index contributed by atoms with van der Waals surface area (Å²) >= 11 is 20.0. The fourth-order valence-electron chi connectivity index (χ4n) is 8.63. The van der Waals surface area contributed by atoms with E-state index in [9.17, 15) is 47.0 Å². The molecule has 0 heterocycles. The number of allylic oxidation sites excluding steroid dienone is 2. The van der Waals surface area contributed by atoms with E-state index in [0.29, 0.717) is 88.0 Å². The Morgan fingerprint density at radius 2 is 0.967 bits per heavy atom. The van der Waals surface area contributed by atoms with Crippen molar-refractivity contribution in [2.45, 2.75) is 37.6 Å². The molecule has 92 heavy (non-hydrogen) atoms. The topological polar surface area (TPSA) is 250 Å². The third kappa shape index (κ3) is 24.7. The van der Waals surface area contributed by atoms with Crippen LogP contribution in [0.25, 0.3) is 12.2 Å². The van der Waals surface area contributed by atoms with Gasteiger partial charge in [0.05, 0.1) is 40.4 Å². The molecule has 11 rings (SSSR count). The molecular weight excluding hydrogens is 1390 g/mol. The first-order valence-corrected chi connectivity index (χ1v) is 28.3. The first-order chi connectivity index (χ1) is 42.2. The maximum Gasteiger partial charge on any atom is 1.00 e.